The van der Waals surface area contributed by atoms with Gasteiger partial charge < -0.3 is 0 Å². The highest BCUT2D eigenvalue weighted by Crippen LogP contribution is 2.31. The zero-order valence-electron chi connectivity index (χ0n) is 12.8. The fourth-order valence-corrected chi connectivity index (χ4v) is 4.99. The summed E-state index contributed by atoms with van der Waals surface area (Å²) in [5, 5.41) is 0. The Morgan fingerprint density at radius 2 is 1.57 bits per heavy atom. The first-order valence-corrected chi connectivity index (χ1v) is 9.65. The summed E-state index contributed by atoms with van der Waals surface area (Å²) in [5.74, 6) is 0.782. The molecule has 0 aliphatic heterocycles. The second-order valence-electron chi connectivity index (χ2n) is 5.38. The lowest BCUT2D eigenvalue weighted by molar-refractivity contribution is 0.600. The predicted molar refractivity (Wildman–Crippen MR) is 89.8 cm³/mol. The molecule has 4 heteroatoms. The van der Waals surface area contributed by atoms with Crippen LogP contribution in [-0.2, 0) is 15.6 Å². The minimum absolute atomic E-state index is 0.414. The van der Waals surface area contributed by atoms with E-state index in [9.17, 15) is 8.42 Å². The molecule has 2 rings (SSSR count). The van der Waals surface area contributed by atoms with Crippen molar-refractivity contribution in [2.45, 2.75) is 36.3 Å². The molecule has 112 valence electrons. The third-order valence-electron chi connectivity index (χ3n) is 3.46. The van der Waals surface area contributed by atoms with Crippen LogP contribution in [0.25, 0.3) is 0 Å². The van der Waals surface area contributed by atoms with Gasteiger partial charge in [-0.2, -0.15) is 0 Å². The van der Waals surface area contributed by atoms with Gasteiger partial charge in [-0.3, -0.25) is 0 Å². The third kappa shape index (κ3) is 3.89. The van der Waals surface area contributed by atoms with E-state index < -0.39 is 9.84 Å². The maximum Gasteiger partial charge on any atom is 0.176 e. The monoisotopic (exact) mass is 320 g/mol. The summed E-state index contributed by atoms with van der Waals surface area (Å²) >= 11 is 1.58. The maximum absolute atomic E-state index is 11.8. The molecule has 0 aromatic heterocycles. The van der Waals surface area contributed by atoms with Gasteiger partial charge in [0.05, 0.1) is 4.90 Å². The Morgan fingerprint density at radius 1 is 1.00 bits per heavy atom. The molecule has 0 saturated heterocycles. The summed E-state index contributed by atoms with van der Waals surface area (Å²) in [5.41, 5.74) is 5.07. The van der Waals surface area contributed by atoms with Gasteiger partial charge in [-0.25, -0.2) is 8.42 Å². The molecular formula is C17H20O2S2. The number of sulfone groups is 1. The lowest BCUT2D eigenvalue weighted by Gasteiger charge is -2.12. The molecule has 0 aliphatic rings. The molecule has 0 radical (unpaired) electrons. The van der Waals surface area contributed by atoms with Crippen LogP contribution in [0.2, 0.25) is 0 Å². The number of hydrogen-bond donors (Lipinski definition) is 0. The van der Waals surface area contributed by atoms with E-state index in [1.54, 1.807) is 23.9 Å². The summed E-state index contributed by atoms with van der Waals surface area (Å²) in [6, 6.07) is 11.5. The van der Waals surface area contributed by atoms with Gasteiger partial charge in [-0.15, -0.1) is 11.8 Å². The minimum atomic E-state index is -3.19. The Hall–Kier alpha value is -1.26. The summed E-state index contributed by atoms with van der Waals surface area (Å²) in [7, 11) is -3.19. The molecule has 2 nitrogen and oxygen atoms in total. The molecule has 0 fully saturated rings. The molecule has 0 N–H and O–H groups in total. The predicted octanol–water partition coefficient (Wildman–Crippen LogP) is 4.31. The number of aryl methyl sites for hydroxylation is 3. The first-order valence-electron chi connectivity index (χ1n) is 6.77. The normalized spacial score (nSPS) is 11.6. The van der Waals surface area contributed by atoms with E-state index in [1.165, 1.54) is 28.5 Å². The standard InChI is InChI=1S/C17H20O2S2/c1-12-9-13(2)15(14(3)10-12)11-20-16-7-5-6-8-17(16)21(4,18)19/h5-10H,11H2,1-4H3. The Balaban J connectivity index is 2.30. The molecule has 0 atom stereocenters. The number of rotatable bonds is 4. The Kier molecular flexibility index (Phi) is 4.79. The van der Waals surface area contributed by atoms with E-state index in [0.717, 1.165) is 10.6 Å². The topological polar surface area (TPSA) is 34.1 Å². The lowest BCUT2D eigenvalue weighted by atomic mass is 10.0. The molecular weight excluding hydrogens is 300 g/mol. The second kappa shape index (κ2) is 6.24. The Labute approximate surface area is 131 Å². The highest BCUT2D eigenvalue weighted by molar-refractivity contribution is 7.99. The Bertz CT molecular complexity index is 739. The van der Waals surface area contributed by atoms with Gasteiger partial charge in [0.15, 0.2) is 9.84 Å². The van der Waals surface area contributed by atoms with Crippen LogP contribution in [0, 0.1) is 20.8 Å². The first kappa shape index (κ1) is 16.1. The smallest absolute Gasteiger partial charge is 0.176 e. The van der Waals surface area contributed by atoms with Gasteiger partial charge in [0.2, 0.25) is 0 Å². The van der Waals surface area contributed by atoms with Crippen LogP contribution in [0.5, 0.6) is 0 Å². The van der Waals surface area contributed by atoms with Gasteiger partial charge in [-0.1, -0.05) is 29.8 Å². The molecule has 0 bridgehead atoms. The molecule has 21 heavy (non-hydrogen) atoms. The molecule has 0 aliphatic carbocycles. The van der Waals surface area contributed by atoms with E-state index >= 15 is 0 Å². The molecule has 2 aromatic carbocycles. The number of benzene rings is 2. The van der Waals surface area contributed by atoms with Gasteiger partial charge in [0, 0.05) is 16.9 Å². The summed E-state index contributed by atoms with van der Waals surface area (Å²) in [6.45, 7) is 6.31. The molecule has 0 unspecified atom stereocenters. The van der Waals surface area contributed by atoms with Crippen molar-refractivity contribution in [1.82, 2.24) is 0 Å². The van der Waals surface area contributed by atoms with Crippen LogP contribution < -0.4 is 0 Å². The number of hydrogen-bond acceptors (Lipinski definition) is 3. The largest absolute Gasteiger partial charge is 0.224 e. The molecule has 0 heterocycles. The van der Waals surface area contributed by atoms with Crippen LogP contribution in [-0.4, -0.2) is 14.7 Å². The van der Waals surface area contributed by atoms with Crippen molar-refractivity contribution in [3.8, 4) is 0 Å². The fraction of sp³-hybridized carbons (Fsp3) is 0.294. The van der Waals surface area contributed by atoms with Crippen molar-refractivity contribution < 1.29 is 8.42 Å². The summed E-state index contributed by atoms with van der Waals surface area (Å²) in [6.07, 6.45) is 1.26. The van der Waals surface area contributed by atoms with Crippen molar-refractivity contribution in [3.05, 3.63) is 58.7 Å². The SMILES string of the molecule is Cc1cc(C)c(CSc2ccccc2S(C)(=O)=O)c(C)c1. The minimum Gasteiger partial charge on any atom is -0.224 e. The van der Waals surface area contributed by atoms with Crippen molar-refractivity contribution in [2.24, 2.45) is 0 Å². The van der Waals surface area contributed by atoms with Gasteiger partial charge in [0.1, 0.15) is 0 Å². The van der Waals surface area contributed by atoms with E-state index in [-0.39, 0.29) is 0 Å². The van der Waals surface area contributed by atoms with Gasteiger partial charge in [-0.05, 0) is 49.6 Å². The van der Waals surface area contributed by atoms with Gasteiger partial charge in [0.25, 0.3) is 0 Å². The van der Waals surface area contributed by atoms with Crippen molar-refractivity contribution in [1.29, 1.82) is 0 Å². The lowest BCUT2D eigenvalue weighted by Crippen LogP contribution is -1.99. The highest BCUT2D eigenvalue weighted by Gasteiger charge is 2.13. The number of thioether (sulfide) groups is 1. The molecule has 2 aromatic rings. The van der Waals surface area contributed by atoms with Crippen LogP contribution in [0.4, 0.5) is 0 Å². The molecule has 0 saturated carbocycles. The van der Waals surface area contributed by atoms with Crippen LogP contribution in [0.15, 0.2) is 46.2 Å². The first-order chi connectivity index (χ1) is 9.79. The van der Waals surface area contributed by atoms with Crippen molar-refractivity contribution in [2.75, 3.05) is 6.26 Å². The van der Waals surface area contributed by atoms with E-state index in [2.05, 4.69) is 32.9 Å². The Morgan fingerprint density at radius 3 is 2.14 bits per heavy atom. The molecule has 0 spiro atoms. The van der Waals surface area contributed by atoms with Crippen molar-refractivity contribution in [3.63, 3.8) is 0 Å². The summed E-state index contributed by atoms with van der Waals surface area (Å²) < 4.78 is 23.7. The maximum atomic E-state index is 11.8. The van der Waals surface area contributed by atoms with Crippen LogP contribution in [0.1, 0.15) is 22.3 Å². The zero-order chi connectivity index (χ0) is 15.6. The summed E-state index contributed by atoms with van der Waals surface area (Å²) in [4.78, 5) is 1.23. The highest BCUT2D eigenvalue weighted by atomic mass is 32.2. The molecule has 0 amide bonds. The average molecular weight is 320 g/mol. The van der Waals surface area contributed by atoms with Crippen LogP contribution >= 0.6 is 11.8 Å². The third-order valence-corrected chi connectivity index (χ3v) is 5.85. The van der Waals surface area contributed by atoms with Gasteiger partial charge >= 0.3 is 0 Å². The fourth-order valence-electron chi connectivity index (χ4n) is 2.46. The average Bonchev–Trinajstić information content (AvgIpc) is 2.36. The van der Waals surface area contributed by atoms with E-state index in [4.69, 9.17) is 0 Å². The van der Waals surface area contributed by atoms with E-state index in [0.29, 0.717) is 4.90 Å². The van der Waals surface area contributed by atoms with E-state index in [1.807, 2.05) is 12.1 Å². The van der Waals surface area contributed by atoms with Crippen LogP contribution in [0.3, 0.4) is 0 Å². The second-order valence-corrected chi connectivity index (χ2v) is 8.39. The quantitative estimate of drug-likeness (QED) is 0.787. The zero-order valence-corrected chi connectivity index (χ0v) is 14.4. The van der Waals surface area contributed by atoms with Crippen molar-refractivity contribution >= 4 is 21.6 Å².